The predicted octanol–water partition coefficient (Wildman–Crippen LogP) is 1.79. The molecular formula is C16H15N3O. The van der Waals surface area contributed by atoms with Gasteiger partial charge in [0.05, 0.1) is 12.1 Å². The molecule has 2 rings (SSSR count). The second kappa shape index (κ2) is 6.39. The van der Waals surface area contributed by atoms with Crippen LogP contribution in [0.15, 0.2) is 48.8 Å². The van der Waals surface area contributed by atoms with E-state index >= 15 is 0 Å². The van der Waals surface area contributed by atoms with E-state index in [-0.39, 0.29) is 5.91 Å². The maximum Gasteiger partial charge on any atom is 0.256 e. The lowest BCUT2D eigenvalue weighted by molar-refractivity contribution is 0.0813. The molecule has 2 N–H and O–H groups in total. The summed E-state index contributed by atoms with van der Waals surface area (Å²) in [5.74, 6) is 5.77. The molecule has 1 heterocycles. The van der Waals surface area contributed by atoms with Crippen molar-refractivity contribution in [3.05, 3.63) is 59.9 Å². The van der Waals surface area contributed by atoms with Crippen molar-refractivity contribution >= 4 is 11.6 Å². The minimum Gasteiger partial charge on any atom is -0.398 e. The van der Waals surface area contributed by atoms with Gasteiger partial charge in [-0.05, 0) is 24.3 Å². The molecule has 0 bridgehead atoms. The van der Waals surface area contributed by atoms with Gasteiger partial charge in [-0.2, -0.15) is 0 Å². The van der Waals surface area contributed by atoms with Crippen LogP contribution in [0.2, 0.25) is 0 Å². The number of nitrogen functional groups attached to an aromatic ring is 1. The van der Waals surface area contributed by atoms with Crippen molar-refractivity contribution in [3.8, 4) is 11.8 Å². The van der Waals surface area contributed by atoms with E-state index in [1.165, 1.54) is 4.90 Å². The van der Waals surface area contributed by atoms with Crippen LogP contribution < -0.4 is 5.73 Å². The highest BCUT2D eigenvalue weighted by Crippen LogP contribution is 2.12. The molecule has 0 aliphatic rings. The van der Waals surface area contributed by atoms with E-state index in [1.54, 1.807) is 43.7 Å². The summed E-state index contributed by atoms with van der Waals surface area (Å²) in [5.41, 5.74) is 7.59. The van der Waals surface area contributed by atoms with Gasteiger partial charge in [0.25, 0.3) is 5.91 Å². The summed E-state index contributed by atoms with van der Waals surface area (Å²) in [5, 5.41) is 0. The van der Waals surface area contributed by atoms with Crippen LogP contribution >= 0.6 is 0 Å². The van der Waals surface area contributed by atoms with Gasteiger partial charge < -0.3 is 10.6 Å². The first-order chi connectivity index (χ1) is 9.68. The highest BCUT2D eigenvalue weighted by atomic mass is 16.2. The Labute approximate surface area is 118 Å². The second-order valence-electron chi connectivity index (χ2n) is 4.29. The van der Waals surface area contributed by atoms with Crippen molar-refractivity contribution in [1.29, 1.82) is 0 Å². The lowest BCUT2D eigenvalue weighted by atomic mass is 10.1. The van der Waals surface area contributed by atoms with Gasteiger partial charge in [0.1, 0.15) is 0 Å². The van der Waals surface area contributed by atoms with Crippen molar-refractivity contribution in [1.82, 2.24) is 9.88 Å². The molecule has 0 fully saturated rings. The molecule has 0 atom stereocenters. The van der Waals surface area contributed by atoms with E-state index in [1.807, 2.05) is 12.1 Å². The standard InChI is InChI=1S/C16H15N3O/c1-19(11-5-7-13-6-4-10-18-12-13)16(20)14-8-2-3-9-15(14)17/h2-4,6,8-10,12H,11,17H2,1H3. The number of hydrogen-bond acceptors (Lipinski definition) is 3. The predicted molar refractivity (Wildman–Crippen MR) is 78.9 cm³/mol. The number of carbonyl (C=O) groups is 1. The third-order valence-electron chi connectivity index (χ3n) is 2.75. The van der Waals surface area contributed by atoms with Gasteiger partial charge >= 0.3 is 0 Å². The Bertz CT molecular complexity index is 656. The Morgan fingerprint density at radius 2 is 2.10 bits per heavy atom. The minimum absolute atomic E-state index is 0.136. The van der Waals surface area contributed by atoms with Crippen molar-refractivity contribution in [2.75, 3.05) is 19.3 Å². The molecule has 1 aromatic heterocycles. The molecule has 0 saturated carbocycles. The number of carbonyl (C=O) groups excluding carboxylic acids is 1. The lowest BCUT2D eigenvalue weighted by Gasteiger charge is -2.14. The third kappa shape index (κ3) is 3.36. The van der Waals surface area contributed by atoms with Gasteiger partial charge in [-0.15, -0.1) is 0 Å². The van der Waals surface area contributed by atoms with Gasteiger partial charge in [0.2, 0.25) is 0 Å². The number of para-hydroxylation sites is 1. The van der Waals surface area contributed by atoms with Crippen LogP contribution in [0.4, 0.5) is 5.69 Å². The quantitative estimate of drug-likeness (QED) is 0.665. The van der Waals surface area contributed by atoms with Gasteiger partial charge in [-0.1, -0.05) is 24.0 Å². The average Bonchev–Trinajstić information content (AvgIpc) is 2.48. The first-order valence-electron chi connectivity index (χ1n) is 6.17. The van der Waals surface area contributed by atoms with Crippen LogP contribution in [0.25, 0.3) is 0 Å². The molecule has 20 heavy (non-hydrogen) atoms. The Balaban J connectivity index is 2.03. The summed E-state index contributed by atoms with van der Waals surface area (Å²) in [6.07, 6.45) is 3.38. The van der Waals surface area contributed by atoms with E-state index in [0.717, 1.165) is 5.56 Å². The summed E-state index contributed by atoms with van der Waals surface area (Å²) in [7, 11) is 1.70. The summed E-state index contributed by atoms with van der Waals surface area (Å²) in [6, 6.07) is 10.7. The van der Waals surface area contributed by atoms with Gasteiger partial charge in [0, 0.05) is 30.7 Å². The van der Waals surface area contributed by atoms with Gasteiger partial charge in [0.15, 0.2) is 0 Å². The van der Waals surface area contributed by atoms with E-state index in [0.29, 0.717) is 17.8 Å². The number of anilines is 1. The Morgan fingerprint density at radius 1 is 1.30 bits per heavy atom. The maximum absolute atomic E-state index is 12.2. The highest BCUT2D eigenvalue weighted by Gasteiger charge is 2.12. The Hall–Kier alpha value is -2.80. The van der Waals surface area contributed by atoms with Crippen LogP contribution in [-0.2, 0) is 0 Å². The van der Waals surface area contributed by atoms with Crippen LogP contribution in [-0.4, -0.2) is 29.4 Å². The smallest absolute Gasteiger partial charge is 0.256 e. The van der Waals surface area contributed by atoms with E-state index in [4.69, 9.17) is 5.73 Å². The fourth-order valence-corrected chi connectivity index (χ4v) is 1.67. The molecule has 0 radical (unpaired) electrons. The molecule has 0 unspecified atom stereocenters. The van der Waals surface area contributed by atoms with Crippen LogP contribution in [0, 0.1) is 11.8 Å². The van der Waals surface area contributed by atoms with Crippen molar-refractivity contribution < 1.29 is 4.79 Å². The monoisotopic (exact) mass is 265 g/mol. The largest absolute Gasteiger partial charge is 0.398 e. The van der Waals surface area contributed by atoms with E-state index in [2.05, 4.69) is 16.8 Å². The molecule has 0 aliphatic carbocycles. The number of nitrogens with zero attached hydrogens (tertiary/aromatic N) is 2. The molecule has 0 saturated heterocycles. The first-order valence-corrected chi connectivity index (χ1v) is 6.17. The summed E-state index contributed by atoms with van der Waals surface area (Å²) < 4.78 is 0. The fraction of sp³-hybridized carbons (Fsp3) is 0.125. The number of hydrogen-bond donors (Lipinski definition) is 1. The lowest BCUT2D eigenvalue weighted by Crippen LogP contribution is -2.27. The topological polar surface area (TPSA) is 59.2 Å². The van der Waals surface area contributed by atoms with Crippen LogP contribution in [0.3, 0.4) is 0 Å². The average molecular weight is 265 g/mol. The number of aromatic nitrogens is 1. The zero-order valence-electron chi connectivity index (χ0n) is 11.2. The molecule has 0 spiro atoms. The van der Waals surface area contributed by atoms with Crippen LogP contribution in [0.5, 0.6) is 0 Å². The molecule has 100 valence electrons. The van der Waals surface area contributed by atoms with Gasteiger partial charge in [-0.25, -0.2) is 0 Å². The number of pyridine rings is 1. The van der Waals surface area contributed by atoms with Crippen molar-refractivity contribution in [2.45, 2.75) is 0 Å². The zero-order chi connectivity index (χ0) is 14.4. The van der Waals surface area contributed by atoms with Crippen LogP contribution in [0.1, 0.15) is 15.9 Å². The van der Waals surface area contributed by atoms with Gasteiger partial charge in [-0.3, -0.25) is 9.78 Å². The van der Waals surface area contributed by atoms with E-state index < -0.39 is 0 Å². The molecule has 1 aromatic carbocycles. The third-order valence-corrected chi connectivity index (χ3v) is 2.75. The Morgan fingerprint density at radius 3 is 2.80 bits per heavy atom. The Kier molecular flexibility index (Phi) is 4.35. The van der Waals surface area contributed by atoms with E-state index in [9.17, 15) is 4.79 Å². The van der Waals surface area contributed by atoms with Crippen molar-refractivity contribution in [2.24, 2.45) is 0 Å². The molecule has 2 aromatic rings. The SMILES string of the molecule is CN(CC#Cc1cccnc1)C(=O)c1ccccc1N. The maximum atomic E-state index is 12.2. The number of benzene rings is 1. The molecular weight excluding hydrogens is 250 g/mol. The normalized spacial score (nSPS) is 9.45. The first kappa shape index (κ1) is 13.6. The molecule has 0 aliphatic heterocycles. The number of amides is 1. The summed E-state index contributed by atoms with van der Waals surface area (Å²) >= 11 is 0. The minimum atomic E-state index is -0.136. The number of rotatable bonds is 2. The highest BCUT2D eigenvalue weighted by molar-refractivity contribution is 5.99. The zero-order valence-corrected chi connectivity index (χ0v) is 11.2. The van der Waals surface area contributed by atoms with Crippen molar-refractivity contribution in [3.63, 3.8) is 0 Å². The fourth-order valence-electron chi connectivity index (χ4n) is 1.67. The second-order valence-corrected chi connectivity index (χ2v) is 4.29. The molecule has 4 nitrogen and oxygen atoms in total. The molecule has 4 heteroatoms. The summed E-state index contributed by atoms with van der Waals surface area (Å²) in [6.45, 7) is 0.335. The molecule has 1 amide bonds. The summed E-state index contributed by atoms with van der Waals surface area (Å²) in [4.78, 5) is 17.7. The number of nitrogens with two attached hydrogens (primary N) is 1.